The first kappa shape index (κ1) is 23.6. The summed E-state index contributed by atoms with van der Waals surface area (Å²) in [5.41, 5.74) is 1.95. The summed E-state index contributed by atoms with van der Waals surface area (Å²) in [4.78, 5) is 15.3. The number of piperidine rings is 1. The molecule has 4 rings (SSSR count). The Hall–Kier alpha value is -2.60. The van der Waals surface area contributed by atoms with Crippen molar-refractivity contribution in [3.05, 3.63) is 59.9 Å². The number of rotatable bonds is 7. The van der Waals surface area contributed by atoms with Crippen LogP contribution in [0.15, 0.2) is 48.5 Å². The van der Waals surface area contributed by atoms with Gasteiger partial charge in [0.15, 0.2) is 0 Å². The van der Waals surface area contributed by atoms with Gasteiger partial charge in [-0.2, -0.15) is 0 Å². The van der Waals surface area contributed by atoms with Crippen LogP contribution in [0.5, 0.6) is 5.75 Å². The third-order valence-electron chi connectivity index (χ3n) is 7.09. The SMILES string of the molecule is COc1cccc(NC(=O)N[C@@H]2CCCC[C@H]2CN2CCC[C@@H](Cc3ccc(F)cc3)C2)c1. The smallest absolute Gasteiger partial charge is 0.319 e. The monoisotopic (exact) mass is 453 g/mol. The largest absolute Gasteiger partial charge is 0.497 e. The maximum absolute atomic E-state index is 13.2. The van der Waals surface area contributed by atoms with E-state index in [4.69, 9.17) is 4.74 Å². The Bertz CT molecular complexity index is 904. The van der Waals surface area contributed by atoms with Crippen LogP contribution in [0.3, 0.4) is 0 Å². The van der Waals surface area contributed by atoms with Gasteiger partial charge in [0.1, 0.15) is 11.6 Å². The van der Waals surface area contributed by atoms with E-state index in [2.05, 4.69) is 15.5 Å². The topological polar surface area (TPSA) is 53.6 Å². The van der Waals surface area contributed by atoms with Crippen LogP contribution in [-0.4, -0.2) is 43.7 Å². The molecule has 33 heavy (non-hydrogen) atoms. The molecule has 2 amide bonds. The number of hydrogen-bond acceptors (Lipinski definition) is 3. The molecular formula is C27H36FN3O2. The third-order valence-corrected chi connectivity index (χ3v) is 7.09. The zero-order valence-electron chi connectivity index (χ0n) is 19.6. The van der Waals surface area contributed by atoms with E-state index in [0.29, 0.717) is 11.8 Å². The van der Waals surface area contributed by atoms with Crippen LogP contribution in [0, 0.1) is 17.7 Å². The summed E-state index contributed by atoms with van der Waals surface area (Å²) in [7, 11) is 1.62. The van der Waals surface area contributed by atoms with Crippen molar-refractivity contribution in [1.29, 1.82) is 0 Å². The maximum atomic E-state index is 13.2. The van der Waals surface area contributed by atoms with E-state index in [1.54, 1.807) is 19.2 Å². The van der Waals surface area contributed by atoms with Gasteiger partial charge in [-0.15, -0.1) is 0 Å². The Balaban J connectivity index is 1.30. The van der Waals surface area contributed by atoms with Crippen molar-refractivity contribution in [2.75, 3.05) is 32.1 Å². The Morgan fingerprint density at radius 3 is 2.73 bits per heavy atom. The number of anilines is 1. The Labute approximate surface area is 196 Å². The van der Waals surface area contributed by atoms with Crippen LogP contribution in [0.2, 0.25) is 0 Å². The summed E-state index contributed by atoms with van der Waals surface area (Å²) in [6.45, 7) is 3.24. The molecule has 3 atom stereocenters. The van der Waals surface area contributed by atoms with Crippen molar-refractivity contribution in [2.24, 2.45) is 11.8 Å². The molecule has 1 aliphatic heterocycles. The van der Waals surface area contributed by atoms with Crippen molar-refractivity contribution in [1.82, 2.24) is 10.2 Å². The first-order valence-electron chi connectivity index (χ1n) is 12.3. The highest BCUT2D eigenvalue weighted by Gasteiger charge is 2.30. The molecule has 1 saturated carbocycles. The van der Waals surface area contributed by atoms with Crippen LogP contribution < -0.4 is 15.4 Å². The maximum Gasteiger partial charge on any atom is 0.319 e. The molecule has 6 heteroatoms. The molecular weight excluding hydrogens is 417 g/mol. The van der Waals surface area contributed by atoms with Gasteiger partial charge in [-0.05, 0) is 80.3 Å². The lowest BCUT2D eigenvalue weighted by Gasteiger charge is -2.39. The average Bonchev–Trinajstić information content (AvgIpc) is 2.82. The lowest BCUT2D eigenvalue weighted by Crippen LogP contribution is -2.49. The number of hydrogen-bond donors (Lipinski definition) is 2. The minimum Gasteiger partial charge on any atom is -0.497 e. The van der Waals surface area contributed by atoms with E-state index in [0.717, 1.165) is 56.8 Å². The van der Waals surface area contributed by atoms with Gasteiger partial charge < -0.3 is 20.3 Å². The van der Waals surface area contributed by atoms with Crippen molar-refractivity contribution in [2.45, 2.75) is 51.0 Å². The lowest BCUT2D eigenvalue weighted by molar-refractivity contribution is 0.123. The molecule has 1 aliphatic carbocycles. The minimum atomic E-state index is -0.171. The fraction of sp³-hybridized carbons (Fsp3) is 0.519. The van der Waals surface area contributed by atoms with E-state index >= 15 is 0 Å². The van der Waals surface area contributed by atoms with Gasteiger partial charge in [0.2, 0.25) is 0 Å². The van der Waals surface area contributed by atoms with Crippen molar-refractivity contribution in [3.63, 3.8) is 0 Å². The fourth-order valence-electron chi connectivity index (χ4n) is 5.42. The first-order valence-corrected chi connectivity index (χ1v) is 12.3. The fourth-order valence-corrected chi connectivity index (χ4v) is 5.42. The van der Waals surface area contributed by atoms with Crippen LogP contribution in [0.1, 0.15) is 44.1 Å². The zero-order chi connectivity index (χ0) is 23.0. The predicted molar refractivity (Wildman–Crippen MR) is 130 cm³/mol. The highest BCUT2D eigenvalue weighted by molar-refractivity contribution is 5.89. The quantitative estimate of drug-likeness (QED) is 0.585. The second-order valence-corrected chi connectivity index (χ2v) is 9.58. The number of benzene rings is 2. The number of nitrogens with zero attached hydrogens (tertiary/aromatic N) is 1. The van der Waals surface area contributed by atoms with Gasteiger partial charge in [-0.3, -0.25) is 0 Å². The van der Waals surface area contributed by atoms with Gasteiger partial charge in [0.25, 0.3) is 0 Å². The molecule has 0 unspecified atom stereocenters. The Morgan fingerprint density at radius 1 is 1.09 bits per heavy atom. The lowest BCUT2D eigenvalue weighted by atomic mass is 9.83. The van der Waals surface area contributed by atoms with E-state index in [9.17, 15) is 9.18 Å². The summed E-state index contributed by atoms with van der Waals surface area (Å²) < 4.78 is 18.5. The average molecular weight is 454 g/mol. The molecule has 0 radical (unpaired) electrons. The third kappa shape index (κ3) is 6.94. The number of nitrogens with one attached hydrogen (secondary N) is 2. The first-order chi connectivity index (χ1) is 16.1. The van der Waals surface area contributed by atoms with Crippen LogP contribution >= 0.6 is 0 Å². The van der Waals surface area contributed by atoms with Gasteiger partial charge in [0, 0.05) is 30.9 Å². The molecule has 1 saturated heterocycles. The molecule has 0 bridgehead atoms. The summed E-state index contributed by atoms with van der Waals surface area (Å²) in [5.74, 6) is 1.63. The highest BCUT2D eigenvalue weighted by Crippen LogP contribution is 2.28. The summed E-state index contributed by atoms with van der Waals surface area (Å²) >= 11 is 0. The molecule has 0 aromatic heterocycles. The van der Waals surface area contributed by atoms with Gasteiger partial charge in [0.05, 0.1) is 7.11 Å². The number of ether oxygens (including phenoxy) is 1. The van der Waals surface area contributed by atoms with Gasteiger partial charge >= 0.3 is 6.03 Å². The van der Waals surface area contributed by atoms with Gasteiger partial charge in [-0.1, -0.05) is 31.0 Å². The van der Waals surface area contributed by atoms with E-state index in [1.165, 1.54) is 24.8 Å². The number of carbonyl (C=O) groups is 1. The molecule has 2 fully saturated rings. The number of halogens is 1. The molecule has 2 N–H and O–H groups in total. The number of likely N-dealkylation sites (tertiary alicyclic amines) is 1. The summed E-state index contributed by atoms with van der Waals surface area (Å²) in [6, 6.07) is 14.4. The van der Waals surface area contributed by atoms with Crippen molar-refractivity contribution < 1.29 is 13.9 Å². The Kier molecular flexibility index (Phi) is 8.21. The molecule has 1 heterocycles. The molecule has 2 aromatic rings. The van der Waals surface area contributed by atoms with Crippen LogP contribution in [-0.2, 0) is 6.42 Å². The van der Waals surface area contributed by atoms with E-state index < -0.39 is 0 Å². The molecule has 178 valence electrons. The Morgan fingerprint density at radius 2 is 1.91 bits per heavy atom. The normalized spacial score (nSPS) is 23.6. The van der Waals surface area contributed by atoms with Crippen molar-refractivity contribution in [3.8, 4) is 5.75 Å². The van der Waals surface area contributed by atoms with Crippen molar-refractivity contribution >= 4 is 11.7 Å². The number of urea groups is 1. The second-order valence-electron chi connectivity index (χ2n) is 9.58. The number of carbonyl (C=O) groups excluding carboxylic acids is 1. The molecule has 2 aliphatic rings. The highest BCUT2D eigenvalue weighted by atomic mass is 19.1. The summed E-state index contributed by atoms with van der Waals surface area (Å²) in [6.07, 6.45) is 8.01. The van der Waals surface area contributed by atoms with Crippen LogP contribution in [0.4, 0.5) is 14.9 Å². The van der Waals surface area contributed by atoms with E-state index in [-0.39, 0.29) is 17.9 Å². The number of methoxy groups -OCH3 is 1. The molecule has 0 spiro atoms. The molecule has 2 aromatic carbocycles. The minimum absolute atomic E-state index is 0.145. The van der Waals surface area contributed by atoms with Gasteiger partial charge in [-0.25, -0.2) is 9.18 Å². The predicted octanol–water partition coefficient (Wildman–Crippen LogP) is 5.47. The second kappa shape index (κ2) is 11.5. The summed E-state index contributed by atoms with van der Waals surface area (Å²) in [5, 5.41) is 6.20. The van der Waals surface area contributed by atoms with E-state index in [1.807, 2.05) is 36.4 Å². The molecule has 5 nitrogen and oxygen atoms in total. The van der Waals surface area contributed by atoms with Crippen LogP contribution in [0.25, 0.3) is 0 Å². The standard InChI is InChI=1S/C27H36FN3O2/c1-33-25-9-4-8-24(17-25)29-27(32)30-26-10-3-2-7-22(26)19-31-15-5-6-21(18-31)16-20-11-13-23(28)14-12-20/h4,8-9,11-14,17,21-22,26H,2-3,5-7,10,15-16,18-19H2,1H3,(H2,29,30,32)/t21-,22-,26+/m0/s1. The zero-order valence-corrected chi connectivity index (χ0v) is 19.6. The number of amides is 2.